The summed E-state index contributed by atoms with van der Waals surface area (Å²) in [6.07, 6.45) is 4.21. The summed E-state index contributed by atoms with van der Waals surface area (Å²) in [6, 6.07) is 7.86. The molecule has 1 aromatic heterocycles. The second-order valence-electron chi connectivity index (χ2n) is 5.22. The highest BCUT2D eigenvalue weighted by Gasteiger charge is 2.17. The van der Waals surface area contributed by atoms with Crippen LogP contribution >= 0.6 is 15.9 Å². The van der Waals surface area contributed by atoms with Crippen LogP contribution in [0.2, 0.25) is 0 Å². The number of carboxylic acids is 1. The third-order valence-electron chi connectivity index (χ3n) is 3.37. The Balaban J connectivity index is 2.43. The zero-order valence-corrected chi connectivity index (χ0v) is 15.4. The van der Waals surface area contributed by atoms with E-state index in [4.69, 9.17) is 5.11 Å². The van der Waals surface area contributed by atoms with Crippen molar-refractivity contribution in [2.24, 2.45) is 4.36 Å². The molecule has 6 nitrogen and oxygen atoms in total. The summed E-state index contributed by atoms with van der Waals surface area (Å²) in [6.45, 7) is 1.54. The molecule has 0 radical (unpaired) electrons. The highest BCUT2D eigenvalue weighted by atomic mass is 79.9. The highest BCUT2D eigenvalue weighted by molar-refractivity contribution is 9.10. The molecule has 24 heavy (non-hydrogen) atoms. The summed E-state index contributed by atoms with van der Waals surface area (Å²) in [5.41, 5.74) is 0.718. The molecule has 0 saturated carbocycles. The Hall–Kier alpha value is -2.06. The maximum Gasteiger partial charge on any atom is 0.310 e. The summed E-state index contributed by atoms with van der Waals surface area (Å²) >= 11 is 3.21. The van der Waals surface area contributed by atoms with Gasteiger partial charge in [0.1, 0.15) is 0 Å². The molecule has 8 heteroatoms. The smallest absolute Gasteiger partial charge is 0.310 e. The molecule has 0 fully saturated rings. The van der Waals surface area contributed by atoms with Gasteiger partial charge in [0, 0.05) is 28.0 Å². The number of aliphatic carboxylic acids is 1. The summed E-state index contributed by atoms with van der Waals surface area (Å²) in [5, 5.41) is 9.09. The number of hydrogen-bond donors (Lipinski definition) is 1. The number of carboxylic acid groups (broad SMARTS) is 1. The molecule has 0 spiro atoms. The number of carbonyl (C=O) groups is 2. The molecule has 126 valence electrons. The van der Waals surface area contributed by atoms with Gasteiger partial charge in [-0.3, -0.25) is 14.6 Å². The van der Waals surface area contributed by atoms with E-state index in [1.54, 1.807) is 18.2 Å². The van der Waals surface area contributed by atoms with Crippen LogP contribution in [0.25, 0.3) is 0 Å². The van der Waals surface area contributed by atoms with Gasteiger partial charge in [-0.25, -0.2) is 4.21 Å². The van der Waals surface area contributed by atoms with Gasteiger partial charge >= 0.3 is 5.97 Å². The topological polar surface area (TPSA) is 96.7 Å². The first-order chi connectivity index (χ1) is 11.2. The van der Waals surface area contributed by atoms with Gasteiger partial charge in [-0.2, -0.15) is 4.36 Å². The molecule has 2 rings (SSSR count). The number of nitrogens with zero attached hydrogens (tertiary/aromatic N) is 2. The van der Waals surface area contributed by atoms with Crippen molar-refractivity contribution in [1.29, 1.82) is 0 Å². The van der Waals surface area contributed by atoms with E-state index in [1.807, 2.05) is 0 Å². The number of benzene rings is 1. The SMILES string of the molecule is CC(C(=O)O)c1cccc(S(C)(=O)=NC(=O)c2cncc(Br)c2)c1. The fraction of sp³-hybridized carbons (Fsp3) is 0.188. The lowest BCUT2D eigenvalue weighted by Gasteiger charge is -2.10. The first-order valence-electron chi connectivity index (χ1n) is 6.90. The fourth-order valence-electron chi connectivity index (χ4n) is 1.95. The molecule has 0 saturated heterocycles. The average Bonchev–Trinajstić information content (AvgIpc) is 2.53. The van der Waals surface area contributed by atoms with Crippen LogP contribution in [0.5, 0.6) is 0 Å². The Labute approximate surface area is 148 Å². The summed E-state index contributed by atoms with van der Waals surface area (Å²) in [5.74, 6) is -2.37. The molecule has 2 unspecified atom stereocenters. The fourth-order valence-corrected chi connectivity index (χ4v) is 3.53. The lowest BCUT2D eigenvalue weighted by molar-refractivity contribution is -0.138. The number of halogens is 1. The van der Waals surface area contributed by atoms with Crippen LogP contribution < -0.4 is 0 Å². The van der Waals surface area contributed by atoms with Gasteiger partial charge in [0.15, 0.2) is 0 Å². The van der Waals surface area contributed by atoms with Gasteiger partial charge < -0.3 is 5.11 Å². The largest absolute Gasteiger partial charge is 0.481 e. The van der Waals surface area contributed by atoms with Crippen LogP contribution in [0.1, 0.15) is 28.8 Å². The van der Waals surface area contributed by atoms with Gasteiger partial charge in [-0.1, -0.05) is 12.1 Å². The molecule has 0 aliphatic carbocycles. The minimum atomic E-state index is -3.01. The van der Waals surface area contributed by atoms with Gasteiger partial charge in [-0.05, 0) is 46.6 Å². The Morgan fingerprint density at radius 2 is 2.00 bits per heavy atom. The van der Waals surface area contributed by atoms with Crippen LogP contribution in [0.3, 0.4) is 0 Å². The standard InChI is InChI=1S/C16H15BrN2O4S/c1-10(16(21)22)11-4-3-5-14(7-11)24(2,23)19-15(20)12-6-13(17)9-18-8-12/h3-10H,1-2H3,(H,21,22). The predicted octanol–water partition coefficient (Wildman–Crippen LogP) is 3.33. The van der Waals surface area contributed by atoms with Crippen LogP contribution in [-0.4, -0.2) is 32.4 Å². The maximum atomic E-state index is 12.8. The van der Waals surface area contributed by atoms with Gasteiger partial charge in [0.05, 0.1) is 21.2 Å². The predicted molar refractivity (Wildman–Crippen MR) is 93.5 cm³/mol. The van der Waals surface area contributed by atoms with Gasteiger partial charge in [0.25, 0.3) is 5.91 Å². The van der Waals surface area contributed by atoms with Crippen molar-refractivity contribution in [3.63, 3.8) is 0 Å². The van der Waals surface area contributed by atoms with E-state index in [-0.39, 0.29) is 5.56 Å². The van der Waals surface area contributed by atoms with Crippen LogP contribution in [0.15, 0.2) is 56.5 Å². The quantitative estimate of drug-likeness (QED) is 0.833. The molecule has 0 aliphatic heterocycles. The zero-order chi connectivity index (χ0) is 17.9. The first kappa shape index (κ1) is 18.3. The van der Waals surface area contributed by atoms with Crippen LogP contribution in [0, 0.1) is 0 Å². The Morgan fingerprint density at radius 1 is 1.29 bits per heavy atom. The second-order valence-corrected chi connectivity index (χ2v) is 8.40. The van der Waals surface area contributed by atoms with Crippen LogP contribution in [0.4, 0.5) is 0 Å². The van der Waals surface area contributed by atoms with E-state index >= 15 is 0 Å². The number of hydrogen-bond acceptors (Lipinski definition) is 4. The minimum Gasteiger partial charge on any atom is -0.481 e. The van der Waals surface area contributed by atoms with E-state index in [0.717, 1.165) is 0 Å². The van der Waals surface area contributed by atoms with Crippen molar-refractivity contribution >= 4 is 37.5 Å². The molecule has 2 aromatic rings. The molecular formula is C16H15BrN2O4S. The number of pyridine rings is 1. The number of aromatic nitrogens is 1. The zero-order valence-electron chi connectivity index (χ0n) is 13.0. The Morgan fingerprint density at radius 3 is 2.62 bits per heavy atom. The maximum absolute atomic E-state index is 12.8. The molecule has 1 heterocycles. The lowest BCUT2D eigenvalue weighted by Crippen LogP contribution is -2.09. The normalized spacial score (nSPS) is 14.5. The van der Waals surface area contributed by atoms with Crippen molar-refractivity contribution < 1.29 is 18.9 Å². The molecule has 1 aromatic carbocycles. The second kappa shape index (κ2) is 7.23. The molecule has 0 bridgehead atoms. The summed E-state index contributed by atoms with van der Waals surface area (Å²) in [7, 11) is -3.01. The van der Waals surface area contributed by atoms with Crippen molar-refractivity contribution in [2.75, 3.05) is 6.26 Å². The molecule has 1 amide bonds. The third kappa shape index (κ3) is 4.27. The Kier molecular flexibility index (Phi) is 5.51. The van der Waals surface area contributed by atoms with E-state index in [1.165, 1.54) is 37.7 Å². The average molecular weight is 411 g/mol. The summed E-state index contributed by atoms with van der Waals surface area (Å²) in [4.78, 5) is 27.5. The van der Waals surface area contributed by atoms with E-state index in [9.17, 15) is 13.8 Å². The van der Waals surface area contributed by atoms with Gasteiger partial charge in [0.2, 0.25) is 0 Å². The molecule has 1 N–H and O–H groups in total. The van der Waals surface area contributed by atoms with Gasteiger partial charge in [-0.15, -0.1) is 0 Å². The third-order valence-corrected chi connectivity index (χ3v) is 5.45. The monoisotopic (exact) mass is 410 g/mol. The lowest BCUT2D eigenvalue weighted by atomic mass is 10.0. The first-order valence-corrected chi connectivity index (χ1v) is 9.62. The molecule has 2 atom stereocenters. The number of amides is 1. The molecule has 0 aliphatic rings. The van der Waals surface area contributed by atoms with Crippen molar-refractivity contribution in [3.8, 4) is 0 Å². The number of rotatable bonds is 4. The Bertz CT molecular complexity index is 920. The van der Waals surface area contributed by atoms with E-state index < -0.39 is 27.5 Å². The van der Waals surface area contributed by atoms with Crippen molar-refractivity contribution in [3.05, 3.63) is 58.3 Å². The summed E-state index contributed by atoms with van der Waals surface area (Å²) < 4.78 is 17.3. The molecular weight excluding hydrogens is 396 g/mol. The van der Waals surface area contributed by atoms with E-state index in [0.29, 0.717) is 14.9 Å². The highest BCUT2D eigenvalue weighted by Crippen LogP contribution is 2.21. The van der Waals surface area contributed by atoms with E-state index in [2.05, 4.69) is 25.3 Å². The van der Waals surface area contributed by atoms with Crippen molar-refractivity contribution in [1.82, 2.24) is 4.98 Å². The van der Waals surface area contributed by atoms with Crippen molar-refractivity contribution in [2.45, 2.75) is 17.7 Å². The number of carbonyl (C=O) groups excluding carboxylic acids is 1. The minimum absolute atomic E-state index is 0.217. The van der Waals surface area contributed by atoms with Crippen LogP contribution in [-0.2, 0) is 14.5 Å².